The van der Waals surface area contributed by atoms with Gasteiger partial charge in [0, 0.05) is 11.8 Å². The van der Waals surface area contributed by atoms with Gasteiger partial charge in [0.05, 0.1) is 11.6 Å². The first kappa shape index (κ1) is 15.1. The van der Waals surface area contributed by atoms with Crippen molar-refractivity contribution >= 4 is 11.8 Å². The fourth-order valence-electron chi connectivity index (χ4n) is 2.79. The number of thioether (sulfide) groups is 1. The molecule has 0 bridgehead atoms. The van der Waals surface area contributed by atoms with Crippen molar-refractivity contribution in [3.63, 3.8) is 0 Å². The van der Waals surface area contributed by atoms with Crippen LogP contribution in [0.4, 0.5) is 0 Å². The Kier molecular flexibility index (Phi) is 4.33. The SMILES string of the molecule is O[C@H]1[C@H]2O[C@@H](c3ccccc3)OC[C@H]2O[C@H]1Sc1ccccn1. The summed E-state index contributed by atoms with van der Waals surface area (Å²) in [6.45, 7) is 0.403. The number of benzene rings is 1. The van der Waals surface area contributed by atoms with Crippen LogP contribution in [0, 0.1) is 0 Å². The van der Waals surface area contributed by atoms with Crippen molar-refractivity contribution < 1.29 is 19.3 Å². The molecule has 2 aliphatic rings. The lowest BCUT2D eigenvalue weighted by atomic mass is 10.1. The summed E-state index contributed by atoms with van der Waals surface area (Å²) in [5, 5.41) is 11.4. The molecule has 0 unspecified atom stereocenters. The maximum absolute atomic E-state index is 10.6. The summed E-state index contributed by atoms with van der Waals surface area (Å²) in [4.78, 5) is 4.26. The summed E-state index contributed by atoms with van der Waals surface area (Å²) in [7, 11) is 0. The quantitative estimate of drug-likeness (QED) is 0.932. The second kappa shape index (κ2) is 6.59. The zero-order valence-corrected chi connectivity index (χ0v) is 13.1. The van der Waals surface area contributed by atoms with Crippen LogP contribution in [0.2, 0.25) is 0 Å². The van der Waals surface area contributed by atoms with E-state index in [4.69, 9.17) is 14.2 Å². The largest absolute Gasteiger partial charge is 0.387 e. The average Bonchev–Trinajstić information content (AvgIpc) is 2.92. The van der Waals surface area contributed by atoms with Crippen LogP contribution in [-0.2, 0) is 14.2 Å². The molecule has 2 saturated heterocycles. The van der Waals surface area contributed by atoms with Crippen LogP contribution < -0.4 is 0 Å². The van der Waals surface area contributed by atoms with Crippen molar-refractivity contribution in [1.29, 1.82) is 0 Å². The summed E-state index contributed by atoms with van der Waals surface area (Å²) in [5.74, 6) is 0. The topological polar surface area (TPSA) is 60.8 Å². The van der Waals surface area contributed by atoms with Crippen molar-refractivity contribution in [2.45, 2.75) is 35.1 Å². The number of hydrogen-bond acceptors (Lipinski definition) is 6. The number of pyridine rings is 1. The van der Waals surface area contributed by atoms with Gasteiger partial charge in [0.1, 0.15) is 23.7 Å². The van der Waals surface area contributed by atoms with Gasteiger partial charge in [0.2, 0.25) is 0 Å². The van der Waals surface area contributed by atoms with Gasteiger partial charge in [-0.1, -0.05) is 48.2 Å². The van der Waals surface area contributed by atoms with Gasteiger partial charge in [0.15, 0.2) is 6.29 Å². The van der Waals surface area contributed by atoms with Gasteiger partial charge in [-0.25, -0.2) is 4.98 Å². The van der Waals surface area contributed by atoms with Crippen molar-refractivity contribution in [3.05, 3.63) is 60.3 Å². The van der Waals surface area contributed by atoms with E-state index in [0.717, 1.165) is 10.6 Å². The predicted molar refractivity (Wildman–Crippen MR) is 84.8 cm³/mol. The van der Waals surface area contributed by atoms with Crippen LogP contribution in [0.3, 0.4) is 0 Å². The predicted octanol–water partition coefficient (Wildman–Crippen LogP) is 2.37. The fourth-order valence-corrected chi connectivity index (χ4v) is 3.80. The highest BCUT2D eigenvalue weighted by molar-refractivity contribution is 7.99. The Balaban J connectivity index is 1.45. The van der Waals surface area contributed by atoms with E-state index in [1.807, 2.05) is 48.5 Å². The third-order valence-corrected chi connectivity index (χ3v) is 5.04. The third kappa shape index (κ3) is 3.13. The number of aromatic nitrogens is 1. The number of ether oxygens (including phenoxy) is 3. The van der Waals surface area contributed by atoms with Crippen molar-refractivity contribution in [3.8, 4) is 0 Å². The molecular formula is C17H17NO4S. The molecule has 1 aromatic heterocycles. The first-order chi connectivity index (χ1) is 11.3. The van der Waals surface area contributed by atoms with Gasteiger partial charge in [-0.15, -0.1) is 0 Å². The maximum Gasteiger partial charge on any atom is 0.184 e. The summed E-state index contributed by atoms with van der Waals surface area (Å²) < 4.78 is 17.6. The number of fused-ring (bicyclic) bond motifs is 1. The average molecular weight is 331 g/mol. The highest BCUT2D eigenvalue weighted by Gasteiger charge is 2.49. The van der Waals surface area contributed by atoms with Crippen LogP contribution in [0.5, 0.6) is 0 Å². The molecule has 5 nitrogen and oxygen atoms in total. The molecule has 0 aliphatic carbocycles. The van der Waals surface area contributed by atoms with E-state index >= 15 is 0 Å². The molecular weight excluding hydrogens is 314 g/mol. The minimum absolute atomic E-state index is 0.258. The standard InChI is InChI=1S/C17H17NO4S/c19-14-15-12(21-17(14)23-13-8-4-5-9-18-13)10-20-16(22-15)11-6-2-1-3-7-11/h1-9,12,14-17,19H,10H2/t12-,14+,15+,16+,17+/m1/s1. The van der Waals surface area contributed by atoms with Crippen LogP contribution in [0.25, 0.3) is 0 Å². The van der Waals surface area contributed by atoms with E-state index in [2.05, 4.69) is 4.98 Å². The molecule has 2 aromatic rings. The van der Waals surface area contributed by atoms with Crippen molar-refractivity contribution in [1.82, 2.24) is 4.98 Å². The van der Waals surface area contributed by atoms with E-state index in [1.165, 1.54) is 11.8 Å². The Morgan fingerprint density at radius 2 is 1.87 bits per heavy atom. The summed E-state index contributed by atoms with van der Waals surface area (Å²) in [6, 6.07) is 15.4. The van der Waals surface area contributed by atoms with Crippen molar-refractivity contribution in [2.75, 3.05) is 6.61 Å². The molecule has 120 valence electrons. The molecule has 2 aliphatic heterocycles. The Morgan fingerprint density at radius 3 is 2.65 bits per heavy atom. The Labute approximate surface area is 138 Å². The van der Waals surface area contributed by atoms with Gasteiger partial charge in [0.25, 0.3) is 0 Å². The summed E-state index contributed by atoms with van der Waals surface area (Å²) >= 11 is 1.40. The summed E-state index contributed by atoms with van der Waals surface area (Å²) in [6.07, 6.45) is -0.111. The number of hydrogen-bond donors (Lipinski definition) is 1. The Hall–Kier alpha value is -1.44. The zero-order valence-electron chi connectivity index (χ0n) is 12.3. The Bertz CT molecular complexity index is 642. The molecule has 23 heavy (non-hydrogen) atoms. The van der Waals surface area contributed by atoms with Crippen molar-refractivity contribution in [2.24, 2.45) is 0 Å². The number of aliphatic hydroxyl groups excluding tert-OH is 1. The van der Waals surface area contributed by atoms with E-state index in [9.17, 15) is 5.11 Å². The monoisotopic (exact) mass is 331 g/mol. The smallest absolute Gasteiger partial charge is 0.184 e. The maximum atomic E-state index is 10.6. The van der Waals surface area contributed by atoms with Crippen LogP contribution in [0.1, 0.15) is 11.9 Å². The van der Waals surface area contributed by atoms with Gasteiger partial charge in [-0.3, -0.25) is 0 Å². The second-order valence-corrected chi connectivity index (χ2v) is 6.61. The molecule has 0 radical (unpaired) electrons. The number of nitrogens with zero attached hydrogens (tertiary/aromatic N) is 1. The second-order valence-electron chi connectivity index (χ2n) is 5.50. The normalized spacial score (nSPS) is 33.3. The molecule has 0 amide bonds. The van der Waals surface area contributed by atoms with E-state index in [-0.39, 0.29) is 6.10 Å². The van der Waals surface area contributed by atoms with Gasteiger partial charge >= 0.3 is 0 Å². The van der Waals surface area contributed by atoms with Crippen LogP contribution >= 0.6 is 11.8 Å². The number of aliphatic hydroxyl groups is 1. The highest BCUT2D eigenvalue weighted by Crippen LogP contribution is 2.39. The Morgan fingerprint density at radius 1 is 1.04 bits per heavy atom. The van der Waals surface area contributed by atoms with Gasteiger partial charge < -0.3 is 19.3 Å². The molecule has 2 fully saturated rings. The first-order valence-corrected chi connectivity index (χ1v) is 8.42. The minimum Gasteiger partial charge on any atom is -0.387 e. The third-order valence-electron chi connectivity index (χ3n) is 3.93. The van der Waals surface area contributed by atoms with Crippen LogP contribution in [-0.4, -0.2) is 40.4 Å². The fraction of sp³-hybridized carbons (Fsp3) is 0.353. The summed E-state index contributed by atoms with van der Waals surface area (Å²) in [5.41, 5.74) is 0.539. The van der Waals surface area contributed by atoms with Crippen LogP contribution in [0.15, 0.2) is 59.8 Å². The lowest BCUT2D eigenvalue weighted by Crippen LogP contribution is -2.42. The molecule has 0 spiro atoms. The molecule has 1 aromatic carbocycles. The zero-order chi connectivity index (χ0) is 15.6. The molecule has 3 heterocycles. The highest BCUT2D eigenvalue weighted by atomic mass is 32.2. The molecule has 4 rings (SSSR count). The molecule has 1 N–H and O–H groups in total. The van der Waals surface area contributed by atoms with E-state index in [1.54, 1.807) is 6.20 Å². The van der Waals surface area contributed by atoms with E-state index < -0.39 is 23.9 Å². The van der Waals surface area contributed by atoms with Gasteiger partial charge in [-0.2, -0.15) is 0 Å². The lowest BCUT2D eigenvalue weighted by Gasteiger charge is -2.32. The lowest BCUT2D eigenvalue weighted by molar-refractivity contribution is -0.252. The first-order valence-electron chi connectivity index (χ1n) is 7.54. The molecule has 0 saturated carbocycles. The minimum atomic E-state index is -0.720. The molecule has 6 heteroatoms. The van der Waals surface area contributed by atoms with E-state index in [0.29, 0.717) is 6.61 Å². The molecule has 5 atom stereocenters. The number of rotatable bonds is 3. The van der Waals surface area contributed by atoms with Gasteiger partial charge in [-0.05, 0) is 12.1 Å².